The quantitative estimate of drug-likeness (QED) is 0.481. The average Bonchev–Trinajstić information content (AvgIpc) is 2.28. The summed E-state index contributed by atoms with van der Waals surface area (Å²) < 4.78 is 0. The number of nitrogens with zero attached hydrogens (tertiary/aromatic N) is 1. The lowest BCUT2D eigenvalue weighted by atomic mass is 10.2. The van der Waals surface area contributed by atoms with Crippen molar-refractivity contribution in [3.8, 4) is 0 Å². The highest BCUT2D eigenvalue weighted by molar-refractivity contribution is 5.63. The van der Waals surface area contributed by atoms with Gasteiger partial charge in [0.1, 0.15) is 0 Å². The van der Waals surface area contributed by atoms with Crippen LogP contribution in [-0.2, 0) is 0 Å². The zero-order valence-electron chi connectivity index (χ0n) is 6.01. The molecule has 0 saturated heterocycles. The molecule has 0 atom stereocenters. The molecule has 1 aliphatic carbocycles. The summed E-state index contributed by atoms with van der Waals surface area (Å²) in [7, 11) is 0. The number of aliphatic imine (C=N–C) groups is 1. The van der Waals surface area contributed by atoms with Crippen LogP contribution in [0.2, 0.25) is 0 Å². The van der Waals surface area contributed by atoms with E-state index in [4.69, 9.17) is 0 Å². The van der Waals surface area contributed by atoms with Crippen LogP contribution in [0.1, 0.15) is 25.7 Å². The Hall–Kier alpha value is -0.850. The van der Waals surface area contributed by atoms with Crippen LogP contribution in [-0.4, -0.2) is 6.21 Å². The maximum Gasteiger partial charge on any atom is 0.0431 e. The average molecular weight is 133 g/mol. The molecule has 1 nitrogen and oxygen atoms in total. The van der Waals surface area contributed by atoms with Crippen molar-refractivity contribution in [1.82, 2.24) is 0 Å². The van der Waals surface area contributed by atoms with E-state index in [-0.39, 0.29) is 0 Å². The van der Waals surface area contributed by atoms with Crippen molar-refractivity contribution in [3.05, 3.63) is 23.4 Å². The predicted octanol–water partition coefficient (Wildman–Crippen LogP) is 2.46. The minimum Gasteiger partial charge on any atom is -0.265 e. The Bertz CT molecular complexity index is 199. The predicted molar refractivity (Wildman–Crippen MR) is 43.1 cm³/mol. The van der Waals surface area contributed by atoms with E-state index in [1.54, 1.807) is 0 Å². The zero-order chi connectivity index (χ0) is 6.81. The molecule has 0 aromatic heterocycles. The van der Waals surface area contributed by atoms with E-state index in [0.717, 1.165) is 6.42 Å². The van der Waals surface area contributed by atoms with E-state index in [9.17, 15) is 0 Å². The van der Waals surface area contributed by atoms with Gasteiger partial charge in [0.25, 0.3) is 0 Å². The first-order valence-electron chi connectivity index (χ1n) is 3.88. The molecule has 52 valence electrons. The molecular formula is C9H11N. The second-order valence-electron chi connectivity index (χ2n) is 2.78. The standard InChI is InChI=1S/C9H11N/c1-2-7-10-9-6-3-5-8(9)4-1/h1,4,7H,2-3,5-6H2. The molecule has 10 heavy (non-hydrogen) atoms. The Balaban J connectivity index is 2.34. The fourth-order valence-corrected chi connectivity index (χ4v) is 1.51. The summed E-state index contributed by atoms with van der Waals surface area (Å²) in [5.74, 6) is 0. The van der Waals surface area contributed by atoms with E-state index in [1.165, 1.54) is 30.5 Å². The molecule has 0 aromatic rings. The summed E-state index contributed by atoms with van der Waals surface area (Å²) in [6, 6.07) is 0. The van der Waals surface area contributed by atoms with Crippen LogP contribution in [0.4, 0.5) is 0 Å². The summed E-state index contributed by atoms with van der Waals surface area (Å²) >= 11 is 0. The first-order chi connectivity index (χ1) is 4.97. The lowest BCUT2D eigenvalue weighted by Gasteiger charge is -1.91. The van der Waals surface area contributed by atoms with Crippen molar-refractivity contribution >= 4 is 6.21 Å². The van der Waals surface area contributed by atoms with Crippen LogP contribution in [0.5, 0.6) is 0 Å². The first kappa shape index (κ1) is 5.90. The Kier molecular flexibility index (Phi) is 1.42. The van der Waals surface area contributed by atoms with Crippen LogP contribution in [0.25, 0.3) is 0 Å². The second kappa shape index (κ2) is 2.41. The molecule has 1 aliphatic heterocycles. The molecule has 2 aliphatic rings. The van der Waals surface area contributed by atoms with Crippen LogP contribution in [0.15, 0.2) is 28.4 Å². The summed E-state index contributed by atoms with van der Waals surface area (Å²) in [6.07, 6.45) is 11.2. The number of rotatable bonds is 0. The van der Waals surface area contributed by atoms with Crippen LogP contribution < -0.4 is 0 Å². The monoisotopic (exact) mass is 133 g/mol. The Morgan fingerprint density at radius 2 is 2.30 bits per heavy atom. The van der Waals surface area contributed by atoms with Crippen molar-refractivity contribution in [1.29, 1.82) is 0 Å². The van der Waals surface area contributed by atoms with Gasteiger partial charge in [-0.1, -0.05) is 12.2 Å². The topological polar surface area (TPSA) is 12.4 Å². The van der Waals surface area contributed by atoms with Crippen molar-refractivity contribution in [3.63, 3.8) is 0 Å². The molecule has 0 bridgehead atoms. The summed E-state index contributed by atoms with van der Waals surface area (Å²) in [5.41, 5.74) is 2.79. The van der Waals surface area contributed by atoms with Gasteiger partial charge in [0.05, 0.1) is 0 Å². The summed E-state index contributed by atoms with van der Waals surface area (Å²) in [4.78, 5) is 4.38. The largest absolute Gasteiger partial charge is 0.265 e. The first-order valence-corrected chi connectivity index (χ1v) is 3.88. The van der Waals surface area contributed by atoms with E-state index in [0.29, 0.717) is 0 Å². The van der Waals surface area contributed by atoms with Gasteiger partial charge in [0, 0.05) is 18.3 Å². The van der Waals surface area contributed by atoms with Crippen LogP contribution in [0.3, 0.4) is 0 Å². The maximum atomic E-state index is 4.38. The van der Waals surface area contributed by atoms with Crippen molar-refractivity contribution in [2.24, 2.45) is 4.99 Å². The highest BCUT2D eigenvalue weighted by Crippen LogP contribution is 2.28. The number of hydrogen-bond donors (Lipinski definition) is 0. The molecule has 0 spiro atoms. The maximum absolute atomic E-state index is 4.38. The Labute approximate surface area is 61.2 Å². The normalized spacial score (nSPS) is 23.2. The van der Waals surface area contributed by atoms with E-state index in [1.807, 2.05) is 6.21 Å². The number of hydrogen-bond acceptors (Lipinski definition) is 1. The van der Waals surface area contributed by atoms with E-state index < -0.39 is 0 Å². The molecule has 0 fully saturated rings. The molecule has 2 rings (SSSR count). The van der Waals surface area contributed by atoms with Crippen LogP contribution >= 0.6 is 0 Å². The minimum atomic E-state index is 1.01. The highest BCUT2D eigenvalue weighted by Gasteiger charge is 2.11. The van der Waals surface area contributed by atoms with Gasteiger partial charge in [-0.25, -0.2) is 0 Å². The Morgan fingerprint density at radius 1 is 1.30 bits per heavy atom. The zero-order valence-corrected chi connectivity index (χ0v) is 6.01. The van der Waals surface area contributed by atoms with Crippen molar-refractivity contribution in [2.75, 3.05) is 0 Å². The molecule has 0 radical (unpaired) electrons. The lowest BCUT2D eigenvalue weighted by molar-refractivity contribution is 0.893. The second-order valence-corrected chi connectivity index (χ2v) is 2.78. The molecule has 1 heterocycles. The highest BCUT2D eigenvalue weighted by atomic mass is 14.7. The van der Waals surface area contributed by atoms with E-state index in [2.05, 4.69) is 17.1 Å². The van der Waals surface area contributed by atoms with Crippen molar-refractivity contribution < 1.29 is 0 Å². The van der Waals surface area contributed by atoms with Crippen LogP contribution in [0, 0.1) is 0 Å². The fraction of sp³-hybridized carbons (Fsp3) is 0.444. The molecule has 0 unspecified atom stereocenters. The third-order valence-corrected chi connectivity index (χ3v) is 2.04. The third-order valence-electron chi connectivity index (χ3n) is 2.04. The van der Waals surface area contributed by atoms with Gasteiger partial charge in [0.2, 0.25) is 0 Å². The van der Waals surface area contributed by atoms with E-state index >= 15 is 0 Å². The minimum absolute atomic E-state index is 1.01. The molecular weight excluding hydrogens is 122 g/mol. The molecule has 1 heteroatoms. The van der Waals surface area contributed by atoms with Gasteiger partial charge in [-0.15, -0.1) is 0 Å². The number of allylic oxidation sites excluding steroid dienone is 4. The smallest absolute Gasteiger partial charge is 0.0431 e. The lowest BCUT2D eigenvalue weighted by Crippen LogP contribution is -1.73. The molecule has 0 amide bonds. The van der Waals surface area contributed by atoms with Gasteiger partial charge < -0.3 is 0 Å². The van der Waals surface area contributed by atoms with Gasteiger partial charge in [-0.2, -0.15) is 0 Å². The molecule has 0 aromatic carbocycles. The van der Waals surface area contributed by atoms with Gasteiger partial charge in [-0.3, -0.25) is 4.99 Å². The van der Waals surface area contributed by atoms with Crippen molar-refractivity contribution in [2.45, 2.75) is 25.7 Å². The molecule has 0 N–H and O–H groups in total. The van der Waals surface area contributed by atoms with Gasteiger partial charge in [-0.05, 0) is 24.8 Å². The fourth-order valence-electron chi connectivity index (χ4n) is 1.51. The van der Waals surface area contributed by atoms with Gasteiger partial charge in [0.15, 0.2) is 0 Å². The SMILES string of the molecule is C1=CC2=C(CCC2)N=CC1. The van der Waals surface area contributed by atoms with Gasteiger partial charge >= 0.3 is 0 Å². The molecule has 0 saturated carbocycles. The summed E-state index contributed by atoms with van der Waals surface area (Å²) in [6.45, 7) is 0. The third kappa shape index (κ3) is 0.919. The Morgan fingerprint density at radius 3 is 3.30 bits per heavy atom. The summed E-state index contributed by atoms with van der Waals surface area (Å²) in [5, 5.41) is 0.